The summed E-state index contributed by atoms with van der Waals surface area (Å²) >= 11 is 0.817. The van der Waals surface area contributed by atoms with Gasteiger partial charge in [0.2, 0.25) is 6.29 Å². The third kappa shape index (κ3) is 2.78. The maximum absolute atomic E-state index is 12.3. The van der Waals surface area contributed by atoms with Gasteiger partial charge >= 0.3 is 4.87 Å². The lowest BCUT2D eigenvalue weighted by Crippen LogP contribution is -2.44. The lowest BCUT2D eigenvalue weighted by Gasteiger charge is -2.24. The first-order chi connectivity index (χ1) is 11.6. The minimum atomic E-state index is -0.854. The topological polar surface area (TPSA) is 153 Å². The number of carbonyl (C=O) groups is 1. The minimum absolute atomic E-state index is 0.246. The lowest BCUT2D eigenvalue weighted by molar-refractivity contribution is -0.00949. The molecule has 0 bridgehead atoms. The van der Waals surface area contributed by atoms with Gasteiger partial charge in [-0.25, -0.2) is 0 Å². The van der Waals surface area contributed by atoms with Crippen LogP contribution in [0.5, 0.6) is 0 Å². The van der Waals surface area contributed by atoms with Crippen LogP contribution in [0, 0.1) is 4.91 Å². The molecule has 3 heterocycles. The molecule has 2 aliphatic rings. The van der Waals surface area contributed by atoms with Gasteiger partial charge in [-0.05, 0) is 19.3 Å². The maximum Gasteiger partial charge on any atom is 0.311 e. The van der Waals surface area contributed by atoms with Crippen LogP contribution in [-0.4, -0.2) is 28.9 Å². The molecule has 2 aliphatic heterocycles. The highest BCUT2D eigenvalue weighted by Crippen LogP contribution is 2.35. The Balaban J connectivity index is 1.89. The summed E-state index contributed by atoms with van der Waals surface area (Å²) in [5, 5.41) is 15.3. The van der Waals surface area contributed by atoms with Crippen LogP contribution in [0.2, 0.25) is 0 Å². The van der Waals surface area contributed by atoms with Gasteiger partial charge in [-0.1, -0.05) is 28.7 Å². The van der Waals surface area contributed by atoms with Gasteiger partial charge in [0.25, 0.3) is 5.91 Å². The summed E-state index contributed by atoms with van der Waals surface area (Å²) in [7, 11) is 0. The second-order valence-corrected chi connectivity index (χ2v) is 6.42. The average molecular weight is 355 g/mol. The minimum Gasteiger partial charge on any atom is -0.352 e. The van der Waals surface area contributed by atoms with E-state index in [9.17, 15) is 14.5 Å². The quantitative estimate of drug-likeness (QED) is 0.309. The van der Waals surface area contributed by atoms with E-state index in [0.717, 1.165) is 11.3 Å². The Bertz CT molecular complexity index is 729. The number of amides is 1. The molecule has 1 saturated heterocycles. The van der Waals surface area contributed by atoms with Crippen molar-refractivity contribution < 1.29 is 9.53 Å². The third-order valence-corrected chi connectivity index (χ3v) is 5.03. The van der Waals surface area contributed by atoms with Crippen molar-refractivity contribution in [1.29, 1.82) is 0 Å². The molecule has 1 aromatic rings. The fraction of sp³-hybridized carbons (Fsp3) is 0.667. The standard InChI is InChI=1S/C12H17N7O4S/c1-2-5(17-22)6-3-4-7(23-6)19-9-8(24-12(19)21)10(20)15-11(14-9)16-18-13/h5-7,11,14H,2-4H2,1H3,(H2,13,16)(H,15,20)/t5-,6-,7+,11?/m0/s1. The highest BCUT2D eigenvalue weighted by Gasteiger charge is 2.37. The van der Waals surface area contributed by atoms with Crippen molar-refractivity contribution in [3.63, 3.8) is 0 Å². The first-order valence-corrected chi connectivity index (χ1v) is 8.31. The van der Waals surface area contributed by atoms with Crippen LogP contribution in [0.1, 0.15) is 42.1 Å². The van der Waals surface area contributed by atoms with Gasteiger partial charge in [-0.2, -0.15) is 4.91 Å². The molecular formula is C12H17N7O4S. The Hall–Kier alpha value is -2.34. The second-order valence-electron chi connectivity index (χ2n) is 5.45. The summed E-state index contributed by atoms with van der Waals surface area (Å²) in [5.41, 5.74) is 0. The highest BCUT2D eigenvalue weighted by atomic mass is 32.1. The van der Waals surface area contributed by atoms with E-state index < -0.39 is 24.5 Å². The monoisotopic (exact) mass is 355 g/mol. The Kier molecular flexibility index (Phi) is 4.57. The number of ether oxygens (including phenoxy) is 1. The number of nitrogens with one attached hydrogen (secondary N) is 2. The van der Waals surface area contributed by atoms with Crippen LogP contribution in [0.15, 0.2) is 20.3 Å². The molecule has 1 unspecified atom stereocenters. The van der Waals surface area contributed by atoms with Crippen molar-refractivity contribution in [1.82, 2.24) is 9.88 Å². The number of hydrogen-bond donors (Lipinski definition) is 3. The normalized spacial score (nSPS) is 27.5. The molecule has 0 radical (unpaired) electrons. The van der Waals surface area contributed by atoms with E-state index in [0.29, 0.717) is 25.1 Å². The van der Waals surface area contributed by atoms with Gasteiger partial charge in [-0.3, -0.25) is 14.2 Å². The molecule has 130 valence electrons. The smallest absolute Gasteiger partial charge is 0.311 e. The van der Waals surface area contributed by atoms with Gasteiger partial charge in [-0.15, -0.1) is 5.11 Å². The largest absolute Gasteiger partial charge is 0.352 e. The van der Waals surface area contributed by atoms with Crippen LogP contribution in [0.4, 0.5) is 5.82 Å². The first-order valence-electron chi connectivity index (χ1n) is 7.49. The number of nitrogens with zero attached hydrogens (tertiary/aromatic N) is 4. The SMILES string of the molecule is CC[C@H](N=O)[C@@H]1CC[C@H](n2c3c(sc2=O)C(=O)NC(N=NN)N3)O1. The molecule has 12 heteroatoms. The zero-order chi connectivity index (χ0) is 17.3. The van der Waals surface area contributed by atoms with E-state index in [1.54, 1.807) is 0 Å². The summed E-state index contributed by atoms with van der Waals surface area (Å²) < 4.78 is 7.24. The number of hydrogen-bond acceptors (Lipinski definition) is 9. The van der Waals surface area contributed by atoms with E-state index in [1.807, 2.05) is 6.92 Å². The molecule has 0 saturated carbocycles. The summed E-state index contributed by atoms with van der Waals surface area (Å²) in [6, 6.07) is -0.449. The van der Waals surface area contributed by atoms with Crippen LogP contribution in [0.3, 0.4) is 0 Å². The van der Waals surface area contributed by atoms with Gasteiger partial charge in [0.05, 0.1) is 6.10 Å². The molecule has 11 nitrogen and oxygen atoms in total. The van der Waals surface area contributed by atoms with Gasteiger partial charge < -0.3 is 21.2 Å². The molecule has 0 spiro atoms. The van der Waals surface area contributed by atoms with Crippen LogP contribution in [0.25, 0.3) is 0 Å². The predicted molar refractivity (Wildman–Crippen MR) is 85.5 cm³/mol. The number of fused-ring (bicyclic) bond motifs is 1. The van der Waals surface area contributed by atoms with Crippen LogP contribution in [-0.2, 0) is 4.74 Å². The third-order valence-electron chi connectivity index (χ3n) is 4.07. The van der Waals surface area contributed by atoms with Gasteiger partial charge in [0, 0.05) is 0 Å². The second kappa shape index (κ2) is 6.65. The number of carbonyl (C=O) groups excluding carboxylic acids is 1. The van der Waals surface area contributed by atoms with E-state index in [4.69, 9.17) is 10.6 Å². The molecule has 1 amide bonds. The average Bonchev–Trinajstić information content (AvgIpc) is 3.13. The fourth-order valence-electron chi connectivity index (χ4n) is 2.94. The Morgan fingerprint density at radius 1 is 1.42 bits per heavy atom. The Morgan fingerprint density at radius 3 is 2.88 bits per heavy atom. The highest BCUT2D eigenvalue weighted by molar-refractivity contribution is 7.12. The fourth-order valence-corrected chi connectivity index (χ4v) is 3.83. The molecule has 4 atom stereocenters. The van der Waals surface area contributed by atoms with Crippen molar-refractivity contribution in [3.05, 3.63) is 19.5 Å². The molecule has 0 aliphatic carbocycles. The van der Waals surface area contributed by atoms with E-state index in [1.165, 1.54) is 4.57 Å². The number of nitrogens with two attached hydrogens (primary N) is 1. The molecule has 4 N–H and O–H groups in total. The molecule has 3 rings (SSSR count). The lowest BCUT2D eigenvalue weighted by atomic mass is 10.1. The zero-order valence-electron chi connectivity index (χ0n) is 12.8. The number of nitroso groups, excluding NO2 is 1. The van der Waals surface area contributed by atoms with Crippen molar-refractivity contribution in [2.24, 2.45) is 21.4 Å². The molecule has 1 aromatic heterocycles. The Morgan fingerprint density at radius 2 is 2.21 bits per heavy atom. The zero-order valence-corrected chi connectivity index (χ0v) is 13.7. The number of anilines is 1. The first kappa shape index (κ1) is 16.5. The van der Waals surface area contributed by atoms with E-state index in [2.05, 4.69) is 26.1 Å². The van der Waals surface area contributed by atoms with E-state index in [-0.39, 0.29) is 15.9 Å². The predicted octanol–water partition coefficient (Wildman–Crippen LogP) is 0.897. The van der Waals surface area contributed by atoms with Crippen molar-refractivity contribution in [3.8, 4) is 0 Å². The molecule has 1 fully saturated rings. The van der Waals surface area contributed by atoms with Crippen molar-refractivity contribution in [2.45, 2.75) is 50.8 Å². The maximum atomic E-state index is 12.3. The number of rotatable bonds is 5. The summed E-state index contributed by atoms with van der Waals surface area (Å²) in [5.74, 6) is 4.90. The van der Waals surface area contributed by atoms with Crippen molar-refractivity contribution in [2.75, 3.05) is 5.32 Å². The summed E-state index contributed by atoms with van der Waals surface area (Å²) in [6.45, 7) is 1.86. The number of aromatic nitrogens is 1. The molecule has 24 heavy (non-hydrogen) atoms. The van der Waals surface area contributed by atoms with Crippen molar-refractivity contribution >= 4 is 23.1 Å². The van der Waals surface area contributed by atoms with Crippen LogP contribution < -0.4 is 21.3 Å². The van der Waals surface area contributed by atoms with Gasteiger partial charge in [0.1, 0.15) is 23.0 Å². The summed E-state index contributed by atoms with van der Waals surface area (Å²) in [4.78, 5) is 35.2. The number of thiazole rings is 1. The van der Waals surface area contributed by atoms with E-state index >= 15 is 0 Å². The summed E-state index contributed by atoms with van der Waals surface area (Å²) in [6.07, 6.45) is -0.0237. The van der Waals surface area contributed by atoms with Gasteiger partial charge in [0.15, 0.2) is 0 Å². The molecule has 0 aromatic carbocycles. The molecular weight excluding hydrogens is 338 g/mol. The van der Waals surface area contributed by atoms with Crippen LogP contribution >= 0.6 is 11.3 Å². The Labute approximate surface area is 140 Å².